The zero-order valence-electron chi connectivity index (χ0n) is 13.6. The number of hydrogen-bond donors (Lipinski definition) is 1. The van der Waals surface area contributed by atoms with Gasteiger partial charge in [-0.15, -0.1) is 0 Å². The fourth-order valence-corrected chi connectivity index (χ4v) is 3.98. The van der Waals surface area contributed by atoms with Gasteiger partial charge in [-0.1, -0.05) is 18.6 Å². The van der Waals surface area contributed by atoms with E-state index in [4.69, 9.17) is 0 Å². The second-order valence-corrected chi connectivity index (χ2v) is 8.36. The normalized spacial score (nSPS) is 22.0. The van der Waals surface area contributed by atoms with E-state index < -0.39 is 10.0 Å². The molecule has 1 aliphatic rings. The van der Waals surface area contributed by atoms with Gasteiger partial charge in [-0.3, -0.25) is 4.90 Å². The van der Waals surface area contributed by atoms with Gasteiger partial charge in [-0.05, 0) is 44.0 Å². The van der Waals surface area contributed by atoms with Gasteiger partial charge in [0, 0.05) is 26.7 Å². The summed E-state index contributed by atoms with van der Waals surface area (Å²) in [4.78, 5) is 2.58. The number of aliphatic hydroxyl groups is 1. The lowest BCUT2D eigenvalue weighted by atomic mass is 9.97. The van der Waals surface area contributed by atoms with Crippen LogP contribution in [-0.2, 0) is 16.6 Å². The first-order chi connectivity index (χ1) is 10.3. The van der Waals surface area contributed by atoms with Crippen molar-refractivity contribution in [1.29, 1.82) is 0 Å². The fourth-order valence-electron chi connectivity index (χ4n) is 3.01. The van der Waals surface area contributed by atoms with Crippen LogP contribution in [0.2, 0.25) is 0 Å². The van der Waals surface area contributed by atoms with Crippen LogP contribution < -0.4 is 0 Å². The molecule has 0 saturated carbocycles. The summed E-state index contributed by atoms with van der Waals surface area (Å²) < 4.78 is 25.7. The lowest BCUT2D eigenvalue weighted by Gasteiger charge is -2.37. The molecule has 1 aromatic carbocycles. The summed E-state index contributed by atoms with van der Waals surface area (Å²) in [6, 6.07) is 7.25. The van der Waals surface area contributed by atoms with E-state index in [0.29, 0.717) is 11.4 Å². The molecule has 124 valence electrons. The van der Waals surface area contributed by atoms with Crippen LogP contribution in [0.1, 0.15) is 31.7 Å². The first-order valence-corrected chi connectivity index (χ1v) is 9.20. The maximum Gasteiger partial charge on any atom is 0.242 e. The largest absolute Gasteiger partial charge is 0.392 e. The van der Waals surface area contributed by atoms with E-state index in [1.807, 2.05) is 13.0 Å². The van der Waals surface area contributed by atoms with Crippen molar-refractivity contribution in [3.8, 4) is 0 Å². The topological polar surface area (TPSA) is 60.9 Å². The van der Waals surface area contributed by atoms with Crippen molar-refractivity contribution in [2.24, 2.45) is 0 Å². The van der Waals surface area contributed by atoms with Crippen molar-refractivity contribution in [3.05, 3.63) is 29.8 Å². The smallest absolute Gasteiger partial charge is 0.242 e. The summed E-state index contributed by atoms with van der Waals surface area (Å²) in [7, 11) is -0.329. The molecule has 0 aliphatic carbocycles. The summed E-state index contributed by atoms with van der Waals surface area (Å²) in [5.41, 5.74) is 0.968. The van der Waals surface area contributed by atoms with E-state index in [-0.39, 0.29) is 12.1 Å². The van der Waals surface area contributed by atoms with Crippen LogP contribution in [0, 0.1) is 0 Å². The van der Waals surface area contributed by atoms with Crippen LogP contribution in [0.5, 0.6) is 0 Å². The Labute approximate surface area is 133 Å². The molecule has 22 heavy (non-hydrogen) atoms. The van der Waals surface area contributed by atoms with Crippen molar-refractivity contribution >= 4 is 10.0 Å². The molecule has 0 spiro atoms. The van der Waals surface area contributed by atoms with Gasteiger partial charge in [0.15, 0.2) is 0 Å². The number of hydrogen-bond acceptors (Lipinski definition) is 4. The number of likely N-dealkylation sites (tertiary alicyclic amines) is 1. The van der Waals surface area contributed by atoms with E-state index in [0.717, 1.165) is 31.4 Å². The fraction of sp³-hybridized carbons (Fsp3) is 0.625. The molecule has 0 unspecified atom stereocenters. The molecule has 0 bridgehead atoms. The summed E-state index contributed by atoms with van der Waals surface area (Å²) in [6.45, 7) is 3.45. The zero-order valence-corrected chi connectivity index (χ0v) is 14.4. The van der Waals surface area contributed by atoms with Gasteiger partial charge in [0.1, 0.15) is 0 Å². The van der Waals surface area contributed by atoms with E-state index in [1.165, 1.54) is 18.4 Å². The van der Waals surface area contributed by atoms with Crippen molar-refractivity contribution in [3.63, 3.8) is 0 Å². The lowest BCUT2D eigenvalue weighted by Crippen LogP contribution is -2.45. The van der Waals surface area contributed by atoms with E-state index in [1.54, 1.807) is 18.2 Å². The Hall–Kier alpha value is -0.950. The molecule has 6 heteroatoms. The molecular formula is C16H26N2O3S. The Morgan fingerprint density at radius 3 is 2.73 bits per heavy atom. The molecule has 0 aromatic heterocycles. The molecule has 1 heterocycles. The van der Waals surface area contributed by atoms with Crippen molar-refractivity contribution in [1.82, 2.24) is 9.21 Å². The molecule has 1 saturated heterocycles. The average Bonchev–Trinajstić information content (AvgIpc) is 2.47. The molecule has 1 N–H and O–H groups in total. The summed E-state index contributed by atoms with van der Waals surface area (Å²) in [5, 5.41) is 9.94. The van der Waals surface area contributed by atoms with Crippen LogP contribution in [0.4, 0.5) is 0 Å². The highest BCUT2D eigenvalue weighted by molar-refractivity contribution is 7.89. The second kappa shape index (κ2) is 7.08. The highest BCUT2D eigenvalue weighted by Crippen LogP contribution is 2.23. The minimum Gasteiger partial charge on any atom is -0.392 e. The summed E-state index contributed by atoms with van der Waals surface area (Å²) in [5.74, 6) is 0. The van der Waals surface area contributed by atoms with Crippen molar-refractivity contribution in [2.45, 2.75) is 49.8 Å². The summed E-state index contributed by atoms with van der Waals surface area (Å²) in [6.07, 6.45) is 2.89. The minimum atomic E-state index is -3.40. The monoisotopic (exact) mass is 326 g/mol. The average molecular weight is 326 g/mol. The molecule has 0 radical (unpaired) electrons. The predicted molar refractivity (Wildman–Crippen MR) is 87.0 cm³/mol. The highest BCUT2D eigenvalue weighted by Gasteiger charge is 2.26. The van der Waals surface area contributed by atoms with E-state index in [2.05, 4.69) is 4.90 Å². The Kier molecular flexibility index (Phi) is 5.60. The van der Waals surface area contributed by atoms with Crippen LogP contribution >= 0.6 is 0 Å². The molecule has 2 rings (SSSR count). The number of nitrogens with zero attached hydrogens (tertiary/aromatic N) is 2. The lowest BCUT2D eigenvalue weighted by molar-refractivity contribution is 0.0316. The van der Waals surface area contributed by atoms with Crippen LogP contribution in [0.15, 0.2) is 29.2 Å². The van der Waals surface area contributed by atoms with Crippen LogP contribution in [0.3, 0.4) is 0 Å². The van der Waals surface area contributed by atoms with Crippen molar-refractivity contribution < 1.29 is 13.5 Å². The number of aliphatic hydroxyl groups excluding tert-OH is 1. The minimum absolute atomic E-state index is 0.155. The number of sulfonamides is 1. The van der Waals surface area contributed by atoms with Gasteiger partial charge < -0.3 is 5.11 Å². The van der Waals surface area contributed by atoms with Gasteiger partial charge in [-0.25, -0.2) is 12.7 Å². The zero-order chi connectivity index (χ0) is 16.3. The first kappa shape index (κ1) is 17.4. The SMILES string of the molecule is C[C@@H](O)[C@H]1CCCCN1Cc1cccc(S(=O)(=O)N(C)C)c1. The van der Waals surface area contributed by atoms with E-state index in [9.17, 15) is 13.5 Å². The Morgan fingerprint density at radius 1 is 1.36 bits per heavy atom. The number of piperidine rings is 1. The molecular weight excluding hydrogens is 300 g/mol. The van der Waals surface area contributed by atoms with Crippen LogP contribution in [0.25, 0.3) is 0 Å². The molecule has 2 atom stereocenters. The Bertz CT molecular complexity index is 599. The third kappa shape index (κ3) is 3.87. The number of benzene rings is 1. The highest BCUT2D eigenvalue weighted by atomic mass is 32.2. The second-order valence-electron chi connectivity index (χ2n) is 6.21. The Morgan fingerprint density at radius 2 is 2.09 bits per heavy atom. The molecule has 1 fully saturated rings. The number of rotatable bonds is 5. The molecule has 0 amide bonds. The maximum atomic E-state index is 12.2. The van der Waals surface area contributed by atoms with Crippen molar-refractivity contribution in [2.75, 3.05) is 20.6 Å². The third-order valence-corrected chi connectivity index (χ3v) is 6.09. The molecule has 1 aliphatic heterocycles. The van der Waals surface area contributed by atoms with Crippen LogP contribution in [-0.4, -0.2) is 55.5 Å². The maximum absolute atomic E-state index is 12.2. The molecule has 5 nitrogen and oxygen atoms in total. The van der Waals surface area contributed by atoms with Gasteiger partial charge >= 0.3 is 0 Å². The molecule has 1 aromatic rings. The van der Waals surface area contributed by atoms with Gasteiger partial charge in [0.05, 0.1) is 11.0 Å². The third-order valence-electron chi connectivity index (χ3n) is 4.28. The van der Waals surface area contributed by atoms with Gasteiger partial charge in [0.25, 0.3) is 0 Å². The Balaban J connectivity index is 2.20. The van der Waals surface area contributed by atoms with E-state index >= 15 is 0 Å². The summed E-state index contributed by atoms with van der Waals surface area (Å²) >= 11 is 0. The van der Waals surface area contributed by atoms with Gasteiger partial charge in [-0.2, -0.15) is 0 Å². The van der Waals surface area contributed by atoms with Gasteiger partial charge in [0.2, 0.25) is 10.0 Å². The first-order valence-electron chi connectivity index (χ1n) is 7.76. The standard InChI is InChI=1S/C16H26N2O3S/c1-13(19)16-9-4-5-10-18(16)12-14-7-6-8-15(11-14)22(20,21)17(2)3/h6-8,11,13,16,19H,4-5,9-10,12H2,1-3H3/t13-,16-/m1/s1. The predicted octanol–water partition coefficient (Wildman–Crippen LogP) is 1.67. The quantitative estimate of drug-likeness (QED) is 0.894.